The zero-order valence-corrected chi connectivity index (χ0v) is 22.7. The minimum absolute atomic E-state index is 0.0684. The average Bonchev–Trinajstić information content (AvgIpc) is 2.79. The number of hydrogen-bond acceptors (Lipinski definition) is 3. The molecule has 0 spiro atoms. The standard InChI is InChI=1S/C30H58O3/c1-4-6-8-10-12-14-16-18-20-22-26-30(3,27-23-24-28-31)33-29(32)25-21-19-17-15-13-11-9-7-5-2/h23,27,31H,4-22,24-26,28H2,1-3H3/b27-23+/t30-/m0/s1. The summed E-state index contributed by atoms with van der Waals surface area (Å²) in [6.07, 6.45) is 30.3. The van der Waals surface area contributed by atoms with Crippen LogP contribution in [0.2, 0.25) is 0 Å². The number of unbranched alkanes of at least 4 members (excludes halogenated alkanes) is 17. The summed E-state index contributed by atoms with van der Waals surface area (Å²) in [6.45, 7) is 6.69. The van der Waals surface area contributed by atoms with Crippen molar-refractivity contribution in [3.05, 3.63) is 12.2 Å². The van der Waals surface area contributed by atoms with E-state index in [4.69, 9.17) is 9.84 Å². The molecule has 0 aromatic rings. The molecule has 0 amide bonds. The first-order chi connectivity index (χ1) is 16.1. The maximum absolute atomic E-state index is 12.5. The lowest BCUT2D eigenvalue weighted by atomic mass is 9.96. The van der Waals surface area contributed by atoms with E-state index >= 15 is 0 Å². The molecule has 0 saturated heterocycles. The fourth-order valence-corrected chi connectivity index (χ4v) is 4.43. The lowest BCUT2D eigenvalue weighted by molar-refractivity contribution is -0.154. The van der Waals surface area contributed by atoms with E-state index in [9.17, 15) is 4.79 Å². The van der Waals surface area contributed by atoms with Crippen molar-refractivity contribution in [3.63, 3.8) is 0 Å². The number of ether oxygens (including phenoxy) is 1. The number of aliphatic hydroxyl groups is 1. The van der Waals surface area contributed by atoms with Crippen LogP contribution >= 0.6 is 0 Å². The van der Waals surface area contributed by atoms with Crippen molar-refractivity contribution >= 4 is 5.97 Å². The Morgan fingerprint density at radius 1 is 0.697 bits per heavy atom. The second kappa shape index (κ2) is 24.3. The fourth-order valence-electron chi connectivity index (χ4n) is 4.43. The second-order valence-corrected chi connectivity index (χ2v) is 10.2. The second-order valence-electron chi connectivity index (χ2n) is 10.2. The summed E-state index contributed by atoms with van der Waals surface area (Å²) in [7, 11) is 0. The van der Waals surface area contributed by atoms with Gasteiger partial charge < -0.3 is 9.84 Å². The van der Waals surface area contributed by atoms with Gasteiger partial charge in [-0.1, -0.05) is 129 Å². The first-order valence-electron chi connectivity index (χ1n) is 14.6. The van der Waals surface area contributed by atoms with Crippen LogP contribution in [-0.4, -0.2) is 23.3 Å². The lowest BCUT2D eigenvalue weighted by Gasteiger charge is -2.27. The molecule has 0 aliphatic carbocycles. The van der Waals surface area contributed by atoms with Crippen LogP contribution in [0.15, 0.2) is 12.2 Å². The predicted molar refractivity (Wildman–Crippen MR) is 144 cm³/mol. The van der Waals surface area contributed by atoms with Gasteiger partial charge in [-0.25, -0.2) is 0 Å². The highest BCUT2D eigenvalue weighted by molar-refractivity contribution is 5.70. The van der Waals surface area contributed by atoms with Gasteiger partial charge >= 0.3 is 5.97 Å². The Labute approximate surface area is 207 Å². The van der Waals surface area contributed by atoms with Gasteiger partial charge in [0.2, 0.25) is 0 Å². The molecule has 1 N–H and O–H groups in total. The molecule has 0 radical (unpaired) electrons. The van der Waals surface area contributed by atoms with E-state index in [-0.39, 0.29) is 12.6 Å². The Hall–Kier alpha value is -0.830. The summed E-state index contributed by atoms with van der Waals surface area (Å²) in [5, 5.41) is 9.10. The van der Waals surface area contributed by atoms with Crippen LogP contribution in [0.3, 0.4) is 0 Å². The van der Waals surface area contributed by atoms with Gasteiger partial charge in [0, 0.05) is 13.0 Å². The van der Waals surface area contributed by atoms with Crippen LogP contribution in [0, 0.1) is 0 Å². The summed E-state index contributed by atoms with van der Waals surface area (Å²) in [5.41, 5.74) is -0.536. The normalized spacial score (nSPS) is 13.5. The van der Waals surface area contributed by atoms with Gasteiger partial charge in [0.25, 0.3) is 0 Å². The Kier molecular flexibility index (Phi) is 23.7. The van der Waals surface area contributed by atoms with E-state index in [0.717, 1.165) is 25.7 Å². The van der Waals surface area contributed by atoms with Crippen LogP contribution in [0.1, 0.15) is 162 Å². The summed E-state index contributed by atoms with van der Waals surface area (Å²) >= 11 is 0. The number of aliphatic hydroxyl groups excluding tert-OH is 1. The third-order valence-electron chi connectivity index (χ3n) is 6.62. The monoisotopic (exact) mass is 466 g/mol. The number of hydrogen-bond donors (Lipinski definition) is 1. The molecule has 0 aromatic carbocycles. The van der Waals surface area contributed by atoms with Gasteiger partial charge in [-0.05, 0) is 38.7 Å². The Balaban J connectivity index is 4.05. The molecule has 3 nitrogen and oxygen atoms in total. The van der Waals surface area contributed by atoms with E-state index in [2.05, 4.69) is 13.8 Å². The van der Waals surface area contributed by atoms with E-state index in [1.54, 1.807) is 0 Å². The largest absolute Gasteiger partial charge is 0.455 e. The van der Waals surface area contributed by atoms with Crippen molar-refractivity contribution in [2.45, 2.75) is 168 Å². The Morgan fingerprint density at radius 3 is 1.58 bits per heavy atom. The molecule has 0 heterocycles. The molecule has 0 fully saturated rings. The van der Waals surface area contributed by atoms with Crippen LogP contribution < -0.4 is 0 Å². The lowest BCUT2D eigenvalue weighted by Crippen LogP contribution is -2.29. The first-order valence-corrected chi connectivity index (χ1v) is 14.6. The molecule has 0 aliphatic rings. The topological polar surface area (TPSA) is 46.5 Å². The number of rotatable bonds is 25. The highest BCUT2D eigenvalue weighted by Gasteiger charge is 2.25. The molecule has 33 heavy (non-hydrogen) atoms. The predicted octanol–water partition coefficient (Wildman–Crippen LogP) is 9.46. The third-order valence-corrected chi connectivity index (χ3v) is 6.62. The van der Waals surface area contributed by atoms with Gasteiger partial charge in [0.15, 0.2) is 0 Å². The molecular formula is C30H58O3. The Morgan fingerprint density at radius 2 is 1.12 bits per heavy atom. The minimum Gasteiger partial charge on any atom is -0.455 e. The zero-order valence-electron chi connectivity index (χ0n) is 22.7. The summed E-state index contributed by atoms with van der Waals surface area (Å²) in [5.74, 6) is -0.0684. The zero-order chi connectivity index (χ0) is 24.5. The maximum atomic E-state index is 12.5. The fraction of sp³-hybridized carbons (Fsp3) is 0.900. The molecular weight excluding hydrogens is 408 g/mol. The summed E-state index contributed by atoms with van der Waals surface area (Å²) in [4.78, 5) is 12.5. The molecule has 1 atom stereocenters. The van der Waals surface area contributed by atoms with Gasteiger partial charge in [-0.3, -0.25) is 4.79 Å². The van der Waals surface area contributed by atoms with Gasteiger partial charge in [-0.15, -0.1) is 0 Å². The van der Waals surface area contributed by atoms with Crippen LogP contribution in [0.5, 0.6) is 0 Å². The summed E-state index contributed by atoms with van der Waals surface area (Å²) < 4.78 is 5.93. The van der Waals surface area contributed by atoms with Crippen molar-refractivity contribution in [1.29, 1.82) is 0 Å². The smallest absolute Gasteiger partial charge is 0.306 e. The average molecular weight is 467 g/mol. The SMILES string of the molecule is CCCCCCCCCCCC[C@@](C)(/C=C/CCO)OC(=O)CCCCCCCCCCC. The summed E-state index contributed by atoms with van der Waals surface area (Å²) in [6, 6.07) is 0. The van der Waals surface area contributed by atoms with Gasteiger partial charge in [0.1, 0.15) is 5.60 Å². The molecule has 0 aromatic heterocycles. The van der Waals surface area contributed by atoms with Crippen molar-refractivity contribution in [3.8, 4) is 0 Å². The number of carbonyl (C=O) groups excluding carboxylic acids is 1. The Bertz CT molecular complexity index is 446. The molecule has 0 unspecified atom stereocenters. The number of carbonyl (C=O) groups is 1. The van der Waals surface area contributed by atoms with Crippen molar-refractivity contribution < 1.29 is 14.6 Å². The van der Waals surface area contributed by atoms with Crippen LogP contribution in [0.25, 0.3) is 0 Å². The molecule has 0 rings (SSSR count). The molecule has 0 saturated carbocycles. The van der Waals surface area contributed by atoms with Crippen molar-refractivity contribution in [2.24, 2.45) is 0 Å². The first kappa shape index (κ1) is 32.2. The number of esters is 1. The third kappa shape index (κ3) is 22.7. The van der Waals surface area contributed by atoms with Crippen LogP contribution in [0.4, 0.5) is 0 Å². The van der Waals surface area contributed by atoms with E-state index in [1.165, 1.54) is 103 Å². The maximum Gasteiger partial charge on any atom is 0.306 e. The van der Waals surface area contributed by atoms with Gasteiger partial charge in [0.05, 0.1) is 0 Å². The van der Waals surface area contributed by atoms with Crippen LogP contribution in [-0.2, 0) is 9.53 Å². The van der Waals surface area contributed by atoms with E-state index < -0.39 is 5.60 Å². The van der Waals surface area contributed by atoms with E-state index in [1.807, 2.05) is 19.1 Å². The quantitative estimate of drug-likeness (QED) is 0.0827. The molecule has 3 heteroatoms. The highest BCUT2D eigenvalue weighted by atomic mass is 16.6. The highest BCUT2D eigenvalue weighted by Crippen LogP contribution is 2.24. The molecule has 0 bridgehead atoms. The minimum atomic E-state index is -0.536. The molecule has 0 aliphatic heterocycles. The van der Waals surface area contributed by atoms with Gasteiger partial charge in [-0.2, -0.15) is 0 Å². The van der Waals surface area contributed by atoms with Crippen molar-refractivity contribution in [1.82, 2.24) is 0 Å². The van der Waals surface area contributed by atoms with Crippen molar-refractivity contribution in [2.75, 3.05) is 6.61 Å². The van der Waals surface area contributed by atoms with E-state index in [0.29, 0.717) is 12.8 Å². The molecule has 196 valence electrons.